The second-order valence-corrected chi connectivity index (χ2v) is 5.13. The van der Waals surface area contributed by atoms with E-state index in [0.29, 0.717) is 21.4 Å². The van der Waals surface area contributed by atoms with Crippen LogP contribution in [0.1, 0.15) is 19.5 Å². The highest BCUT2D eigenvalue weighted by molar-refractivity contribution is 6.43. The lowest BCUT2D eigenvalue weighted by Gasteiger charge is -2.13. The van der Waals surface area contributed by atoms with Crippen LogP contribution in [0.4, 0.5) is 0 Å². The van der Waals surface area contributed by atoms with Crippen LogP contribution in [0.25, 0.3) is 5.69 Å². The minimum absolute atomic E-state index is 0.445. The summed E-state index contributed by atoms with van der Waals surface area (Å²) in [7, 11) is 0. The average Bonchev–Trinajstić information content (AvgIpc) is 2.70. The van der Waals surface area contributed by atoms with Crippen molar-refractivity contribution in [1.82, 2.24) is 15.0 Å². The zero-order chi connectivity index (χ0) is 12.6. The zero-order valence-electron chi connectivity index (χ0n) is 9.48. The van der Waals surface area contributed by atoms with Gasteiger partial charge < -0.3 is 5.73 Å². The predicted octanol–water partition coefficient (Wildman–Crippen LogP) is 2.77. The van der Waals surface area contributed by atoms with Crippen LogP contribution in [0, 0.1) is 0 Å². The maximum atomic E-state index is 6.10. The number of aromatic nitrogens is 3. The van der Waals surface area contributed by atoms with Gasteiger partial charge in [0.05, 0.1) is 27.5 Å². The van der Waals surface area contributed by atoms with E-state index >= 15 is 0 Å². The number of halogens is 2. The van der Waals surface area contributed by atoms with Crippen LogP contribution in [-0.2, 0) is 5.54 Å². The Hall–Kier alpha value is -1.10. The molecular formula is C11H12Cl2N4. The van der Waals surface area contributed by atoms with E-state index in [2.05, 4.69) is 10.3 Å². The molecule has 6 heteroatoms. The van der Waals surface area contributed by atoms with Gasteiger partial charge in [-0.15, -0.1) is 5.10 Å². The number of hydrogen-bond donors (Lipinski definition) is 1. The first kappa shape index (κ1) is 12.4. The molecule has 0 saturated heterocycles. The largest absolute Gasteiger partial charge is 0.320 e. The van der Waals surface area contributed by atoms with Gasteiger partial charge in [0.25, 0.3) is 0 Å². The SMILES string of the molecule is CC(C)(N)c1cn(-c2cccc(Cl)c2Cl)nn1. The molecule has 0 atom stereocenters. The van der Waals surface area contributed by atoms with Gasteiger partial charge in [-0.3, -0.25) is 0 Å². The maximum Gasteiger partial charge on any atom is 0.102 e. The summed E-state index contributed by atoms with van der Waals surface area (Å²) < 4.78 is 1.57. The molecule has 1 aromatic heterocycles. The van der Waals surface area contributed by atoms with Crippen LogP contribution in [0.2, 0.25) is 10.0 Å². The predicted molar refractivity (Wildman–Crippen MR) is 68.6 cm³/mol. The van der Waals surface area contributed by atoms with Crippen molar-refractivity contribution in [2.24, 2.45) is 5.73 Å². The van der Waals surface area contributed by atoms with Gasteiger partial charge >= 0.3 is 0 Å². The van der Waals surface area contributed by atoms with E-state index in [-0.39, 0.29) is 0 Å². The third-order valence-corrected chi connectivity index (χ3v) is 3.14. The average molecular weight is 271 g/mol. The summed E-state index contributed by atoms with van der Waals surface area (Å²) in [5.74, 6) is 0. The fraction of sp³-hybridized carbons (Fsp3) is 0.273. The summed E-state index contributed by atoms with van der Waals surface area (Å²) in [5, 5.41) is 8.94. The zero-order valence-corrected chi connectivity index (χ0v) is 11.0. The van der Waals surface area contributed by atoms with Gasteiger partial charge in [0.2, 0.25) is 0 Å². The van der Waals surface area contributed by atoms with E-state index in [0.717, 1.165) is 0 Å². The molecule has 17 heavy (non-hydrogen) atoms. The summed E-state index contributed by atoms with van der Waals surface area (Å²) in [6.45, 7) is 3.72. The van der Waals surface area contributed by atoms with Crippen LogP contribution >= 0.6 is 23.2 Å². The molecule has 90 valence electrons. The fourth-order valence-corrected chi connectivity index (χ4v) is 1.73. The van der Waals surface area contributed by atoms with Crippen molar-refractivity contribution in [3.63, 3.8) is 0 Å². The molecule has 0 unspecified atom stereocenters. The van der Waals surface area contributed by atoms with Gasteiger partial charge in [0.1, 0.15) is 5.69 Å². The molecule has 0 saturated carbocycles. The van der Waals surface area contributed by atoms with E-state index in [1.165, 1.54) is 0 Å². The van der Waals surface area contributed by atoms with E-state index in [1.54, 1.807) is 23.0 Å². The molecule has 0 spiro atoms. The lowest BCUT2D eigenvalue weighted by atomic mass is 10.0. The first-order valence-electron chi connectivity index (χ1n) is 5.05. The van der Waals surface area contributed by atoms with Crippen molar-refractivity contribution >= 4 is 23.2 Å². The first-order chi connectivity index (χ1) is 7.89. The molecule has 0 radical (unpaired) electrons. The Labute approximate surface area is 109 Å². The van der Waals surface area contributed by atoms with Gasteiger partial charge in [0, 0.05) is 0 Å². The fourth-order valence-electron chi connectivity index (χ4n) is 1.35. The Morgan fingerprint density at radius 2 is 2.00 bits per heavy atom. The molecule has 0 amide bonds. The van der Waals surface area contributed by atoms with Crippen molar-refractivity contribution in [2.45, 2.75) is 19.4 Å². The third-order valence-electron chi connectivity index (χ3n) is 2.33. The number of benzene rings is 1. The highest BCUT2D eigenvalue weighted by Crippen LogP contribution is 2.28. The van der Waals surface area contributed by atoms with E-state index in [4.69, 9.17) is 28.9 Å². The number of rotatable bonds is 2. The first-order valence-corrected chi connectivity index (χ1v) is 5.81. The van der Waals surface area contributed by atoms with E-state index in [9.17, 15) is 0 Å². The van der Waals surface area contributed by atoms with Gasteiger partial charge in [-0.2, -0.15) is 0 Å². The van der Waals surface area contributed by atoms with Crippen molar-refractivity contribution in [2.75, 3.05) is 0 Å². The molecule has 1 heterocycles. The lowest BCUT2D eigenvalue weighted by molar-refractivity contribution is 0.533. The van der Waals surface area contributed by atoms with Crippen LogP contribution in [0.15, 0.2) is 24.4 Å². The number of nitrogens with zero attached hydrogens (tertiary/aromatic N) is 3. The third kappa shape index (κ3) is 2.44. The molecule has 0 aliphatic heterocycles. The minimum Gasteiger partial charge on any atom is -0.320 e. The minimum atomic E-state index is -0.538. The van der Waals surface area contributed by atoms with Crippen molar-refractivity contribution in [3.05, 3.63) is 40.1 Å². The molecule has 0 aliphatic rings. The van der Waals surface area contributed by atoms with Crippen LogP contribution < -0.4 is 5.73 Å². The van der Waals surface area contributed by atoms with E-state index in [1.807, 2.05) is 19.9 Å². The molecule has 1 aromatic carbocycles. The quantitative estimate of drug-likeness (QED) is 0.913. The van der Waals surface area contributed by atoms with Gasteiger partial charge in [-0.25, -0.2) is 4.68 Å². The molecule has 2 aromatic rings. The Morgan fingerprint density at radius 3 is 2.59 bits per heavy atom. The molecule has 0 fully saturated rings. The lowest BCUT2D eigenvalue weighted by Crippen LogP contribution is -2.29. The number of nitrogens with two attached hydrogens (primary N) is 1. The molecule has 4 nitrogen and oxygen atoms in total. The summed E-state index contributed by atoms with van der Waals surface area (Å²) in [6.07, 6.45) is 1.75. The highest BCUT2D eigenvalue weighted by atomic mass is 35.5. The second kappa shape index (κ2) is 4.29. The summed E-state index contributed by atoms with van der Waals surface area (Å²) in [5.41, 5.74) is 6.77. The molecule has 0 bridgehead atoms. The van der Waals surface area contributed by atoms with Crippen LogP contribution in [0.5, 0.6) is 0 Å². The van der Waals surface area contributed by atoms with Crippen LogP contribution in [-0.4, -0.2) is 15.0 Å². The van der Waals surface area contributed by atoms with E-state index < -0.39 is 5.54 Å². The van der Waals surface area contributed by atoms with Gasteiger partial charge in [0.15, 0.2) is 0 Å². The van der Waals surface area contributed by atoms with Gasteiger partial charge in [-0.05, 0) is 26.0 Å². The van der Waals surface area contributed by atoms with Crippen molar-refractivity contribution in [3.8, 4) is 5.69 Å². The van der Waals surface area contributed by atoms with Gasteiger partial charge in [-0.1, -0.05) is 34.5 Å². The normalized spacial score (nSPS) is 11.8. The summed E-state index contributed by atoms with van der Waals surface area (Å²) in [4.78, 5) is 0. The summed E-state index contributed by atoms with van der Waals surface area (Å²) >= 11 is 12.0. The van der Waals surface area contributed by atoms with Crippen molar-refractivity contribution in [1.29, 1.82) is 0 Å². The Morgan fingerprint density at radius 1 is 1.29 bits per heavy atom. The summed E-state index contributed by atoms with van der Waals surface area (Å²) in [6, 6.07) is 5.34. The Balaban J connectivity index is 2.48. The second-order valence-electron chi connectivity index (χ2n) is 4.34. The topological polar surface area (TPSA) is 56.7 Å². The highest BCUT2D eigenvalue weighted by Gasteiger charge is 2.19. The van der Waals surface area contributed by atoms with Crippen LogP contribution in [0.3, 0.4) is 0 Å². The standard InChI is InChI=1S/C11H12Cl2N4/c1-11(2,14)9-6-17(16-15-9)8-5-3-4-7(12)10(8)13/h3-6H,14H2,1-2H3. The molecule has 0 aliphatic carbocycles. The smallest absolute Gasteiger partial charge is 0.102 e. The number of hydrogen-bond acceptors (Lipinski definition) is 3. The molecule has 2 rings (SSSR count). The van der Waals surface area contributed by atoms with Crippen molar-refractivity contribution < 1.29 is 0 Å². The Bertz CT molecular complexity index is 543. The molecular weight excluding hydrogens is 259 g/mol. The molecule has 2 N–H and O–H groups in total. The maximum absolute atomic E-state index is 6.10. The Kier molecular flexibility index (Phi) is 3.12. The monoisotopic (exact) mass is 270 g/mol.